The number of benzene rings is 1. The van der Waals surface area contributed by atoms with Crippen LogP contribution in [0, 0.1) is 0 Å². The molecule has 0 saturated heterocycles. The predicted molar refractivity (Wildman–Crippen MR) is 59.5 cm³/mol. The molecule has 1 heterocycles. The zero-order chi connectivity index (χ0) is 11.7. The number of Topliss-reactive ketones (excluding diaryl/α,β-unsaturated/α-hetero) is 1. The topological polar surface area (TPSA) is 52.6 Å². The van der Waals surface area contributed by atoms with Gasteiger partial charge in [0.25, 0.3) is 0 Å². The molecule has 1 aromatic carbocycles. The average molecular weight is 285 g/mol. The molecule has 1 aromatic rings. The Morgan fingerprint density at radius 2 is 2.31 bits per heavy atom. The van der Waals surface area contributed by atoms with Crippen molar-refractivity contribution in [1.82, 2.24) is 0 Å². The maximum Gasteiger partial charge on any atom is 0.347 e. The van der Waals surface area contributed by atoms with Gasteiger partial charge in [-0.15, -0.1) is 0 Å². The first-order valence-corrected chi connectivity index (χ1v) is 5.48. The number of hydrogen-bond acceptors (Lipinski definition) is 4. The summed E-state index contributed by atoms with van der Waals surface area (Å²) < 4.78 is 10.8. The van der Waals surface area contributed by atoms with Gasteiger partial charge in [-0.25, -0.2) is 4.79 Å². The highest BCUT2D eigenvalue weighted by atomic mass is 79.9. The van der Waals surface area contributed by atoms with Crippen LogP contribution >= 0.6 is 15.9 Å². The molecule has 0 radical (unpaired) electrons. The standard InChI is InChI=1S/C11H9BrO4/c1-15-11(14)10-5-8(13)7-4-6(12)2-3-9(7)16-10/h2-4,10H,5H2,1H3/t10-/m1/s1. The van der Waals surface area contributed by atoms with Crippen LogP contribution in [0.4, 0.5) is 0 Å². The molecule has 0 spiro atoms. The summed E-state index contributed by atoms with van der Waals surface area (Å²) in [5.41, 5.74) is 0.495. The van der Waals surface area contributed by atoms with Gasteiger partial charge in [-0.05, 0) is 18.2 Å². The third-order valence-corrected chi connectivity index (χ3v) is 2.84. The lowest BCUT2D eigenvalue weighted by molar-refractivity contribution is -0.148. The molecule has 0 saturated carbocycles. The van der Waals surface area contributed by atoms with E-state index in [9.17, 15) is 9.59 Å². The molecule has 1 atom stereocenters. The molecule has 0 N–H and O–H groups in total. The van der Waals surface area contributed by atoms with E-state index in [2.05, 4.69) is 20.7 Å². The second-order valence-corrected chi connectivity index (χ2v) is 4.31. The highest BCUT2D eigenvalue weighted by molar-refractivity contribution is 9.10. The third kappa shape index (κ3) is 1.95. The Kier molecular flexibility index (Phi) is 2.96. The lowest BCUT2D eigenvalue weighted by atomic mass is 10.0. The molecule has 4 nitrogen and oxygen atoms in total. The number of ether oxygens (including phenoxy) is 2. The Morgan fingerprint density at radius 3 is 3.00 bits per heavy atom. The molecule has 1 aliphatic rings. The van der Waals surface area contributed by atoms with Gasteiger partial charge in [0.05, 0.1) is 19.1 Å². The number of halogens is 1. The first-order chi connectivity index (χ1) is 7.61. The molecule has 0 aromatic heterocycles. The van der Waals surface area contributed by atoms with Crippen LogP contribution in [0.1, 0.15) is 16.8 Å². The van der Waals surface area contributed by atoms with Crippen molar-refractivity contribution in [1.29, 1.82) is 0 Å². The van der Waals surface area contributed by atoms with Crippen molar-refractivity contribution in [2.24, 2.45) is 0 Å². The van der Waals surface area contributed by atoms with Gasteiger partial charge in [0.15, 0.2) is 5.78 Å². The van der Waals surface area contributed by atoms with Crippen LogP contribution < -0.4 is 4.74 Å². The third-order valence-electron chi connectivity index (χ3n) is 2.35. The van der Waals surface area contributed by atoms with Gasteiger partial charge in [-0.2, -0.15) is 0 Å². The molecule has 0 fully saturated rings. The molecule has 0 amide bonds. The zero-order valence-corrected chi connectivity index (χ0v) is 10.1. The minimum atomic E-state index is -0.828. The number of methoxy groups -OCH3 is 1. The quantitative estimate of drug-likeness (QED) is 0.740. The molecule has 16 heavy (non-hydrogen) atoms. The maximum absolute atomic E-state index is 11.8. The summed E-state index contributed by atoms with van der Waals surface area (Å²) in [7, 11) is 1.27. The van der Waals surface area contributed by atoms with Gasteiger partial charge in [0.2, 0.25) is 6.10 Å². The van der Waals surface area contributed by atoms with Crippen LogP contribution in [0.25, 0.3) is 0 Å². The predicted octanol–water partition coefficient (Wildman–Crippen LogP) is 1.96. The van der Waals surface area contributed by atoms with Crippen LogP contribution in [-0.4, -0.2) is 25.0 Å². The van der Waals surface area contributed by atoms with Crippen LogP contribution in [0.5, 0.6) is 5.75 Å². The van der Waals surface area contributed by atoms with Gasteiger partial charge in [-0.3, -0.25) is 4.79 Å². The summed E-state index contributed by atoms with van der Waals surface area (Å²) in [5.74, 6) is -0.213. The normalized spacial score (nSPS) is 18.6. The van der Waals surface area contributed by atoms with Crippen LogP contribution in [0.3, 0.4) is 0 Å². The lowest BCUT2D eigenvalue weighted by Gasteiger charge is -2.23. The minimum Gasteiger partial charge on any atom is -0.477 e. The van der Waals surface area contributed by atoms with Crippen LogP contribution in [-0.2, 0) is 9.53 Å². The Labute approximate surface area is 101 Å². The summed E-state index contributed by atoms with van der Waals surface area (Å²) in [5, 5.41) is 0. The second-order valence-electron chi connectivity index (χ2n) is 3.40. The van der Waals surface area contributed by atoms with Gasteiger partial charge >= 0.3 is 5.97 Å². The lowest BCUT2D eigenvalue weighted by Crippen LogP contribution is -2.34. The fourth-order valence-electron chi connectivity index (χ4n) is 1.56. The summed E-state index contributed by atoms with van der Waals surface area (Å²) in [6.45, 7) is 0. The van der Waals surface area contributed by atoms with Crippen molar-refractivity contribution in [2.45, 2.75) is 12.5 Å². The van der Waals surface area contributed by atoms with Gasteiger partial charge in [0, 0.05) is 4.47 Å². The van der Waals surface area contributed by atoms with Gasteiger partial charge < -0.3 is 9.47 Å². The number of rotatable bonds is 1. The summed E-state index contributed by atoms with van der Waals surface area (Å²) >= 11 is 3.28. The molecule has 84 valence electrons. The smallest absolute Gasteiger partial charge is 0.347 e. The molecular weight excluding hydrogens is 276 g/mol. The monoisotopic (exact) mass is 284 g/mol. The van der Waals surface area contributed by atoms with E-state index in [0.717, 1.165) is 4.47 Å². The molecule has 0 aliphatic carbocycles. The van der Waals surface area contributed by atoms with Crippen molar-refractivity contribution in [3.05, 3.63) is 28.2 Å². The number of ketones is 1. The number of esters is 1. The molecule has 1 aliphatic heterocycles. The summed E-state index contributed by atoms with van der Waals surface area (Å²) in [6, 6.07) is 5.10. The van der Waals surface area contributed by atoms with Crippen LogP contribution in [0.15, 0.2) is 22.7 Å². The van der Waals surface area contributed by atoms with Crippen molar-refractivity contribution in [3.8, 4) is 5.75 Å². The van der Waals surface area contributed by atoms with E-state index in [-0.39, 0.29) is 12.2 Å². The molecule has 0 bridgehead atoms. The second kappa shape index (κ2) is 4.25. The number of carbonyl (C=O) groups is 2. The van der Waals surface area contributed by atoms with Crippen molar-refractivity contribution >= 4 is 27.7 Å². The van der Waals surface area contributed by atoms with E-state index in [1.165, 1.54) is 7.11 Å². The van der Waals surface area contributed by atoms with E-state index in [1.807, 2.05) is 0 Å². The molecule has 2 rings (SSSR count). The highest BCUT2D eigenvalue weighted by Gasteiger charge is 2.32. The average Bonchev–Trinajstić information content (AvgIpc) is 2.28. The summed E-state index contributed by atoms with van der Waals surface area (Å²) in [6.07, 6.45) is -0.804. The van der Waals surface area contributed by atoms with Gasteiger partial charge in [0.1, 0.15) is 5.75 Å². The Morgan fingerprint density at radius 1 is 1.56 bits per heavy atom. The first-order valence-electron chi connectivity index (χ1n) is 4.69. The number of carbonyl (C=O) groups excluding carboxylic acids is 2. The Bertz CT molecular complexity index is 455. The zero-order valence-electron chi connectivity index (χ0n) is 8.53. The van der Waals surface area contributed by atoms with Crippen molar-refractivity contribution in [2.75, 3.05) is 7.11 Å². The van der Waals surface area contributed by atoms with Crippen molar-refractivity contribution < 1.29 is 19.1 Å². The SMILES string of the molecule is COC(=O)[C@H]1CC(=O)c2cc(Br)ccc2O1. The number of fused-ring (bicyclic) bond motifs is 1. The van der Waals surface area contributed by atoms with E-state index < -0.39 is 12.1 Å². The minimum absolute atomic E-state index is 0.0239. The molecule has 0 unspecified atom stereocenters. The first kappa shape index (κ1) is 11.1. The highest BCUT2D eigenvalue weighted by Crippen LogP contribution is 2.30. The Hall–Kier alpha value is -1.36. The maximum atomic E-state index is 11.8. The largest absolute Gasteiger partial charge is 0.477 e. The van der Waals surface area contributed by atoms with Crippen molar-refractivity contribution in [3.63, 3.8) is 0 Å². The Balaban J connectivity index is 2.33. The summed E-state index contributed by atoms with van der Waals surface area (Å²) in [4.78, 5) is 23.0. The van der Waals surface area contributed by atoms with E-state index >= 15 is 0 Å². The molecule has 5 heteroatoms. The fraction of sp³-hybridized carbons (Fsp3) is 0.273. The number of hydrogen-bond donors (Lipinski definition) is 0. The van der Waals surface area contributed by atoms with Crippen LogP contribution in [0.2, 0.25) is 0 Å². The van der Waals surface area contributed by atoms with Gasteiger partial charge in [-0.1, -0.05) is 15.9 Å². The van der Waals surface area contributed by atoms with E-state index in [1.54, 1.807) is 18.2 Å². The fourth-order valence-corrected chi connectivity index (χ4v) is 1.92. The molecular formula is C11H9BrO4. The van der Waals surface area contributed by atoms with E-state index in [4.69, 9.17) is 4.74 Å². The van der Waals surface area contributed by atoms with E-state index in [0.29, 0.717) is 11.3 Å².